The summed E-state index contributed by atoms with van der Waals surface area (Å²) < 4.78 is 30.2. The fourth-order valence-electron chi connectivity index (χ4n) is 1.87. The number of phenols is 1. The summed E-state index contributed by atoms with van der Waals surface area (Å²) in [4.78, 5) is 2.30. The molecule has 0 saturated heterocycles. The zero-order valence-corrected chi connectivity index (χ0v) is 16.1. The van der Waals surface area contributed by atoms with Gasteiger partial charge in [-0.3, -0.25) is 0 Å². The number of hydrogen-bond donors (Lipinski definition) is 2. The molecule has 0 aromatic heterocycles. The van der Waals surface area contributed by atoms with Crippen molar-refractivity contribution in [1.82, 2.24) is 4.83 Å². The topological polar surface area (TPSA) is 88.0 Å². The number of rotatable bonds is 6. The van der Waals surface area contributed by atoms with E-state index >= 15 is 0 Å². The maximum atomic E-state index is 12.1. The Morgan fingerprint density at radius 1 is 1.29 bits per heavy atom. The molecule has 6 nitrogen and oxygen atoms in total. The molecule has 0 atom stereocenters. The van der Waals surface area contributed by atoms with E-state index in [1.54, 1.807) is 24.3 Å². The number of sulfonamides is 1. The lowest BCUT2D eigenvalue weighted by atomic mass is 10.2. The van der Waals surface area contributed by atoms with Crippen molar-refractivity contribution in [2.75, 3.05) is 6.61 Å². The first-order chi connectivity index (χ1) is 11.3. The van der Waals surface area contributed by atoms with Crippen LogP contribution >= 0.6 is 22.6 Å². The summed E-state index contributed by atoms with van der Waals surface area (Å²) in [6.07, 6.45) is 1.36. The van der Waals surface area contributed by atoms with Gasteiger partial charge in [0.05, 0.1) is 21.3 Å². The quantitative estimate of drug-likeness (QED) is 0.394. The van der Waals surface area contributed by atoms with Crippen molar-refractivity contribution in [3.05, 3.63) is 51.1 Å². The van der Waals surface area contributed by atoms with E-state index in [2.05, 4.69) is 9.93 Å². The normalized spacial score (nSPS) is 11.6. The first-order valence-electron chi connectivity index (χ1n) is 7.10. The Kier molecular flexibility index (Phi) is 6.05. The van der Waals surface area contributed by atoms with Gasteiger partial charge in [0.25, 0.3) is 10.0 Å². The Hall–Kier alpha value is -1.81. The van der Waals surface area contributed by atoms with Crippen LogP contribution in [0.5, 0.6) is 11.5 Å². The van der Waals surface area contributed by atoms with Crippen molar-refractivity contribution in [2.24, 2.45) is 5.10 Å². The molecule has 0 heterocycles. The third-order valence-corrected chi connectivity index (χ3v) is 5.13. The van der Waals surface area contributed by atoms with Crippen LogP contribution in [-0.4, -0.2) is 26.3 Å². The lowest BCUT2D eigenvalue weighted by Gasteiger charge is -2.08. The second-order valence-corrected chi connectivity index (χ2v) is 7.77. The molecule has 0 aliphatic rings. The number of hydrazone groups is 1. The van der Waals surface area contributed by atoms with E-state index in [0.717, 1.165) is 5.56 Å². The number of aryl methyl sites for hydroxylation is 1. The number of phenolic OH excluding ortho intramolecular Hbond substituents is 1. The predicted octanol–water partition coefficient (Wildman–Crippen LogP) is 3.02. The molecule has 8 heteroatoms. The van der Waals surface area contributed by atoms with E-state index in [-0.39, 0.29) is 10.6 Å². The van der Waals surface area contributed by atoms with Crippen molar-refractivity contribution in [1.29, 1.82) is 0 Å². The molecule has 0 aliphatic carbocycles. The summed E-state index contributed by atoms with van der Waals surface area (Å²) in [5.74, 6) is 0.377. The van der Waals surface area contributed by atoms with Crippen LogP contribution in [0.4, 0.5) is 0 Å². The number of nitrogens with zero attached hydrogens (tertiary/aromatic N) is 1. The van der Waals surface area contributed by atoms with Gasteiger partial charge in [0, 0.05) is 0 Å². The lowest BCUT2D eigenvalue weighted by molar-refractivity contribution is 0.317. The maximum absolute atomic E-state index is 12.1. The molecule has 0 radical (unpaired) electrons. The van der Waals surface area contributed by atoms with Crippen molar-refractivity contribution >= 4 is 38.8 Å². The first-order valence-corrected chi connectivity index (χ1v) is 9.66. The molecule has 2 aromatic carbocycles. The second kappa shape index (κ2) is 7.84. The van der Waals surface area contributed by atoms with Gasteiger partial charge in [0.2, 0.25) is 0 Å². The van der Waals surface area contributed by atoms with Crippen molar-refractivity contribution < 1.29 is 18.3 Å². The molecule has 0 saturated carbocycles. The molecule has 0 amide bonds. The fourth-order valence-corrected chi connectivity index (χ4v) is 3.29. The molecule has 2 aromatic rings. The standard InChI is InChI=1S/C16H17IN2O4S/c1-3-23-15-9-12(8-14(17)16(15)20)10-18-19-24(21,22)13-6-4-11(2)5-7-13/h4-10,19-20H,3H2,1-2H3/b18-10-. The SMILES string of the molecule is CCOc1cc(/C=N\NS(=O)(=O)c2ccc(C)cc2)cc(I)c1O. The summed E-state index contributed by atoms with van der Waals surface area (Å²) in [5, 5.41) is 13.7. The summed E-state index contributed by atoms with van der Waals surface area (Å²) in [7, 11) is -3.72. The largest absolute Gasteiger partial charge is 0.504 e. The highest BCUT2D eigenvalue weighted by Crippen LogP contribution is 2.32. The number of hydrogen-bond acceptors (Lipinski definition) is 5. The molecule has 0 spiro atoms. The van der Waals surface area contributed by atoms with Crippen LogP contribution in [-0.2, 0) is 10.0 Å². The van der Waals surface area contributed by atoms with Gasteiger partial charge in [-0.2, -0.15) is 13.5 Å². The third kappa shape index (κ3) is 4.60. The van der Waals surface area contributed by atoms with Gasteiger partial charge in [-0.1, -0.05) is 17.7 Å². The summed E-state index contributed by atoms with van der Waals surface area (Å²) in [6.45, 7) is 4.09. The predicted molar refractivity (Wildman–Crippen MR) is 101 cm³/mol. The van der Waals surface area contributed by atoms with Gasteiger partial charge in [-0.15, -0.1) is 0 Å². The van der Waals surface area contributed by atoms with Crippen LogP contribution in [0.2, 0.25) is 0 Å². The average molecular weight is 460 g/mol. The number of benzene rings is 2. The third-order valence-electron chi connectivity index (χ3n) is 3.07. The Balaban J connectivity index is 2.18. The van der Waals surface area contributed by atoms with E-state index in [9.17, 15) is 13.5 Å². The Labute approximate surface area is 154 Å². The van der Waals surface area contributed by atoms with Gasteiger partial charge in [-0.25, -0.2) is 4.83 Å². The van der Waals surface area contributed by atoms with Crippen LogP contribution in [0.1, 0.15) is 18.1 Å². The zero-order chi connectivity index (χ0) is 17.7. The second-order valence-electron chi connectivity index (χ2n) is 4.95. The van der Waals surface area contributed by atoms with Crippen molar-refractivity contribution in [3.63, 3.8) is 0 Å². The first kappa shape index (κ1) is 18.5. The number of ether oxygens (including phenoxy) is 1. The zero-order valence-electron chi connectivity index (χ0n) is 13.2. The molecular formula is C16H17IN2O4S. The van der Waals surface area contributed by atoms with Crippen LogP contribution in [0.25, 0.3) is 0 Å². The minimum atomic E-state index is -3.72. The lowest BCUT2D eigenvalue weighted by Crippen LogP contribution is -2.18. The highest BCUT2D eigenvalue weighted by molar-refractivity contribution is 14.1. The van der Waals surface area contributed by atoms with Crippen LogP contribution in [0.3, 0.4) is 0 Å². The Morgan fingerprint density at radius 2 is 1.96 bits per heavy atom. The smallest absolute Gasteiger partial charge is 0.276 e. The van der Waals surface area contributed by atoms with E-state index in [0.29, 0.717) is 21.5 Å². The molecule has 128 valence electrons. The van der Waals surface area contributed by atoms with Crippen molar-refractivity contribution in [2.45, 2.75) is 18.7 Å². The minimum Gasteiger partial charge on any atom is -0.504 e. The van der Waals surface area contributed by atoms with Gasteiger partial charge in [0.1, 0.15) is 0 Å². The van der Waals surface area contributed by atoms with Crippen LogP contribution in [0.15, 0.2) is 46.4 Å². The van der Waals surface area contributed by atoms with Gasteiger partial charge < -0.3 is 9.84 Å². The number of aromatic hydroxyl groups is 1. The molecule has 2 rings (SSSR count). The Bertz CT molecular complexity index is 849. The van der Waals surface area contributed by atoms with E-state index in [1.807, 2.05) is 36.4 Å². The van der Waals surface area contributed by atoms with Crippen molar-refractivity contribution in [3.8, 4) is 11.5 Å². The Morgan fingerprint density at radius 3 is 2.58 bits per heavy atom. The molecular weight excluding hydrogens is 443 g/mol. The van der Waals surface area contributed by atoms with Crippen LogP contribution < -0.4 is 9.57 Å². The average Bonchev–Trinajstić information content (AvgIpc) is 2.52. The molecule has 0 bridgehead atoms. The number of nitrogens with one attached hydrogen (secondary N) is 1. The van der Waals surface area contributed by atoms with Gasteiger partial charge in [-0.05, 0) is 66.3 Å². The molecule has 2 N–H and O–H groups in total. The monoisotopic (exact) mass is 460 g/mol. The van der Waals surface area contributed by atoms with E-state index in [1.165, 1.54) is 18.3 Å². The maximum Gasteiger partial charge on any atom is 0.276 e. The summed E-state index contributed by atoms with van der Waals surface area (Å²) >= 11 is 1.97. The van der Waals surface area contributed by atoms with E-state index in [4.69, 9.17) is 4.74 Å². The molecule has 0 fully saturated rings. The summed E-state index contributed by atoms with van der Waals surface area (Å²) in [5.41, 5.74) is 1.58. The highest BCUT2D eigenvalue weighted by atomic mass is 127. The number of halogens is 1. The minimum absolute atomic E-state index is 0.0508. The van der Waals surface area contributed by atoms with Gasteiger partial charge in [0.15, 0.2) is 11.5 Å². The van der Waals surface area contributed by atoms with Crippen LogP contribution in [0, 0.1) is 10.5 Å². The van der Waals surface area contributed by atoms with Gasteiger partial charge >= 0.3 is 0 Å². The molecule has 0 aliphatic heterocycles. The summed E-state index contributed by atoms with van der Waals surface area (Å²) in [6, 6.07) is 9.73. The fraction of sp³-hybridized carbons (Fsp3) is 0.188. The molecule has 24 heavy (non-hydrogen) atoms. The van der Waals surface area contributed by atoms with E-state index < -0.39 is 10.0 Å². The highest BCUT2D eigenvalue weighted by Gasteiger charge is 2.12. The molecule has 0 unspecified atom stereocenters.